The van der Waals surface area contributed by atoms with Crippen LogP contribution in [-0.2, 0) is 4.74 Å². The largest absolute Gasteiger partial charge is 0.444 e. The molecule has 0 aromatic carbocycles. The summed E-state index contributed by atoms with van der Waals surface area (Å²) in [4.78, 5) is 13.9. The van der Waals surface area contributed by atoms with Crippen molar-refractivity contribution in [2.24, 2.45) is 11.8 Å². The van der Waals surface area contributed by atoms with Crippen molar-refractivity contribution >= 4 is 6.09 Å². The molecule has 1 saturated carbocycles. The SMILES string of the molecule is CC(C)(C)OC(=O)N1CCC(CNCCC2CCCC2)CC1. The van der Waals surface area contributed by atoms with Crippen molar-refractivity contribution in [3.63, 3.8) is 0 Å². The average molecular weight is 310 g/mol. The molecular weight excluding hydrogens is 276 g/mol. The predicted octanol–water partition coefficient (Wildman–Crippen LogP) is 3.80. The second kappa shape index (κ2) is 8.19. The highest BCUT2D eigenvalue weighted by Crippen LogP contribution is 2.27. The Morgan fingerprint density at radius 2 is 1.73 bits per heavy atom. The van der Waals surface area contributed by atoms with Gasteiger partial charge in [-0.15, -0.1) is 0 Å². The number of ether oxygens (including phenoxy) is 1. The summed E-state index contributed by atoms with van der Waals surface area (Å²) in [6.45, 7) is 9.71. The lowest BCUT2D eigenvalue weighted by Gasteiger charge is -2.33. The fraction of sp³-hybridized carbons (Fsp3) is 0.944. The van der Waals surface area contributed by atoms with Crippen molar-refractivity contribution in [2.45, 2.75) is 71.3 Å². The number of carbonyl (C=O) groups excluding carboxylic acids is 1. The maximum Gasteiger partial charge on any atom is 0.410 e. The van der Waals surface area contributed by atoms with Gasteiger partial charge in [0.05, 0.1) is 0 Å². The third-order valence-electron chi connectivity index (χ3n) is 4.90. The smallest absolute Gasteiger partial charge is 0.410 e. The molecule has 0 radical (unpaired) electrons. The molecular formula is C18H34N2O2. The van der Waals surface area contributed by atoms with Gasteiger partial charge in [-0.1, -0.05) is 25.7 Å². The van der Waals surface area contributed by atoms with Gasteiger partial charge >= 0.3 is 6.09 Å². The van der Waals surface area contributed by atoms with Crippen molar-refractivity contribution in [3.05, 3.63) is 0 Å². The molecule has 1 heterocycles. The van der Waals surface area contributed by atoms with Crippen LogP contribution in [-0.4, -0.2) is 42.8 Å². The lowest BCUT2D eigenvalue weighted by molar-refractivity contribution is 0.0184. The first-order valence-electron chi connectivity index (χ1n) is 9.13. The molecule has 0 unspecified atom stereocenters. The van der Waals surface area contributed by atoms with E-state index in [0.29, 0.717) is 5.92 Å². The summed E-state index contributed by atoms with van der Waals surface area (Å²) in [5, 5.41) is 3.63. The van der Waals surface area contributed by atoms with Crippen LogP contribution in [0, 0.1) is 11.8 Å². The number of likely N-dealkylation sites (tertiary alicyclic amines) is 1. The summed E-state index contributed by atoms with van der Waals surface area (Å²) < 4.78 is 5.44. The monoisotopic (exact) mass is 310 g/mol. The molecule has 0 aromatic rings. The number of hydrogen-bond acceptors (Lipinski definition) is 3. The Morgan fingerprint density at radius 1 is 1.09 bits per heavy atom. The van der Waals surface area contributed by atoms with Crippen LogP contribution in [0.4, 0.5) is 4.79 Å². The lowest BCUT2D eigenvalue weighted by atomic mass is 9.97. The molecule has 22 heavy (non-hydrogen) atoms. The maximum atomic E-state index is 12.0. The number of amides is 1. The second-order valence-corrected chi connectivity index (χ2v) is 8.05. The third-order valence-corrected chi connectivity index (χ3v) is 4.90. The Labute approximate surface area is 136 Å². The molecule has 1 aliphatic carbocycles. The Hall–Kier alpha value is -0.770. The van der Waals surface area contributed by atoms with Gasteiger partial charge in [-0.3, -0.25) is 0 Å². The van der Waals surface area contributed by atoms with Crippen LogP contribution >= 0.6 is 0 Å². The summed E-state index contributed by atoms with van der Waals surface area (Å²) >= 11 is 0. The number of carbonyl (C=O) groups is 1. The van der Waals surface area contributed by atoms with Crippen molar-refractivity contribution in [3.8, 4) is 0 Å². The number of nitrogens with zero attached hydrogens (tertiary/aromatic N) is 1. The van der Waals surface area contributed by atoms with E-state index in [9.17, 15) is 4.79 Å². The van der Waals surface area contributed by atoms with Crippen LogP contribution < -0.4 is 5.32 Å². The van der Waals surface area contributed by atoms with Crippen LogP contribution in [0.15, 0.2) is 0 Å². The molecule has 1 aliphatic heterocycles. The molecule has 2 fully saturated rings. The third kappa shape index (κ3) is 6.15. The molecule has 0 atom stereocenters. The van der Waals surface area contributed by atoms with Gasteiger partial charge < -0.3 is 15.0 Å². The van der Waals surface area contributed by atoms with Crippen molar-refractivity contribution in [1.29, 1.82) is 0 Å². The summed E-state index contributed by atoms with van der Waals surface area (Å²) in [5.74, 6) is 1.68. The zero-order valence-electron chi connectivity index (χ0n) is 14.7. The van der Waals surface area contributed by atoms with E-state index in [1.807, 2.05) is 25.7 Å². The van der Waals surface area contributed by atoms with Crippen LogP contribution in [0.3, 0.4) is 0 Å². The van der Waals surface area contributed by atoms with Crippen molar-refractivity contribution in [2.75, 3.05) is 26.2 Å². The number of nitrogens with one attached hydrogen (secondary N) is 1. The van der Waals surface area contributed by atoms with Gasteiger partial charge in [0.2, 0.25) is 0 Å². The Bertz CT molecular complexity index is 337. The molecule has 128 valence electrons. The number of piperidine rings is 1. The van der Waals surface area contributed by atoms with Crippen LogP contribution in [0.1, 0.15) is 65.7 Å². The van der Waals surface area contributed by atoms with E-state index in [1.54, 1.807) is 0 Å². The fourth-order valence-corrected chi connectivity index (χ4v) is 3.56. The first-order valence-corrected chi connectivity index (χ1v) is 9.13. The highest BCUT2D eigenvalue weighted by Gasteiger charge is 2.26. The molecule has 1 saturated heterocycles. The van der Waals surface area contributed by atoms with Gasteiger partial charge in [0.25, 0.3) is 0 Å². The van der Waals surface area contributed by atoms with E-state index in [1.165, 1.54) is 32.1 Å². The van der Waals surface area contributed by atoms with Crippen molar-refractivity contribution < 1.29 is 9.53 Å². The Balaban J connectivity index is 1.55. The van der Waals surface area contributed by atoms with E-state index in [2.05, 4.69) is 5.32 Å². The zero-order valence-corrected chi connectivity index (χ0v) is 14.7. The molecule has 0 bridgehead atoms. The average Bonchev–Trinajstić information content (AvgIpc) is 2.95. The lowest BCUT2D eigenvalue weighted by Crippen LogP contribution is -2.43. The van der Waals surface area contributed by atoms with E-state index >= 15 is 0 Å². The first kappa shape index (κ1) is 17.6. The van der Waals surface area contributed by atoms with E-state index in [-0.39, 0.29) is 6.09 Å². The minimum Gasteiger partial charge on any atom is -0.444 e. The second-order valence-electron chi connectivity index (χ2n) is 8.05. The van der Waals surface area contributed by atoms with E-state index in [4.69, 9.17) is 4.74 Å². The van der Waals surface area contributed by atoms with Gasteiger partial charge in [0.1, 0.15) is 5.60 Å². The van der Waals surface area contributed by atoms with E-state index in [0.717, 1.165) is 44.9 Å². The summed E-state index contributed by atoms with van der Waals surface area (Å²) in [6.07, 6.45) is 9.13. The molecule has 2 aliphatic rings. The molecule has 1 N–H and O–H groups in total. The standard InChI is InChI=1S/C18H34N2O2/c1-18(2,3)22-17(21)20-12-9-16(10-13-20)14-19-11-8-15-6-4-5-7-15/h15-16,19H,4-14H2,1-3H3. The number of hydrogen-bond donors (Lipinski definition) is 1. The van der Waals surface area contributed by atoms with Crippen LogP contribution in [0.25, 0.3) is 0 Å². The summed E-state index contributed by atoms with van der Waals surface area (Å²) in [5.41, 5.74) is -0.393. The quantitative estimate of drug-likeness (QED) is 0.785. The van der Waals surface area contributed by atoms with Gasteiger partial charge in [-0.2, -0.15) is 0 Å². The van der Waals surface area contributed by atoms with Crippen LogP contribution in [0.2, 0.25) is 0 Å². The van der Waals surface area contributed by atoms with Gasteiger partial charge in [-0.05, 0) is 65.0 Å². The highest BCUT2D eigenvalue weighted by atomic mass is 16.6. The molecule has 4 nitrogen and oxygen atoms in total. The molecule has 0 aromatic heterocycles. The van der Waals surface area contributed by atoms with Gasteiger partial charge in [0.15, 0.2) is 0 Å². The minimum atomic E-state index is -0.393. The molecule has 2 rings (SSSR count). The minimum absolute atomic E-state index is 0.153. The number of rotatable bonds is 5. The zero-order chi connectivity index (χ0) is 16.0. The maximum absolute atomic E-state index is 12.0. The van der Waals surface area contributed by atoms with E-state index < -0.39 is 5.60 Å². The van der Waals surface area contributed by atoms with Gasteiger partial charge in [-0.25, -0.2) is 4.79 Å². The van der Waals surface area contributed by atoms with Gasteiger partial charge in [0, 0.05) is 13.1 Å². The molecule has 0 spiro atoms. The summed E-state index contributed by atoms with van der Waals surface area (Å²) in [7, 11) is 0. The Morgan fingerprint density at radius 3 is 2.32 bits per heavy atom. The van der Waals surface area contributed by atoms with Crippen molar-refractivity contribution in [1.82, 2.24) is 10.2 Å². The topological polar surface area (TPSA) is 41.6 Å². The Kier molecular flexibility index (Phi) is 6.54. The van der Waals surface area contributed by atoms with Crippen LogP contribution in [0.5, 0.6) is 0 Å². The molecule has 1 amide bonds. The fourth-order valence-electron chi connectivity index (χ4n) is 3.56. The predicted molar refractivity (Wildman–Crippen MR) is 90.0 cm³/mol. The highest BCUT2D eigenvalue weighted by molar-refractivity contribution is 5.68. The summed E-state index contributed by atoms with van der Waals surface area (Å²) in [6, 6.07) is 0. The first-order chi connectivity index (χ1) is 10.4. The normalized spacial score (nSPS) is 21.3. The molecule has 4 heteroatoms.